The molecule has 134 valence electrons. The summed E-state index contributed by atoms with van der Waals surface area (Å²) in [5.41, 5.74) is 4.29. The summed E-state index contributed by atoms with van der Waals surface area (Å²) in [6, 6.07) is 17.4. The van der Waals surface area contributed by atoms with Gasteiger partial charge in [0, 0.05) is 29.9 Å². The lowest BCUT2D eigenvalue weighted by molar-refractivity contribution is 0.281. The molecule has 6 nitrogen and oxygen atoms in total. The second kappa shape index (κ2) is 8.51. The Bertz CT molecular complexity index is 888. The fraction of sp³-hybridized carbons (Fsp3) is 0.250. The van der Waals surface area contributed by atoms with Crippen molar-refractivity contribution in [3.05, 3.63) is 60.3 Å². The Morgan fingerprint density at radius 1 is 0.846 bits per heavy atom. The zero-order valence-corrected chi connectivity index (χ0v) is 14.7. The molecule has 6 heteroatoms. The van der Waals surface area contributed by atoms with Gasteiger partial charge in [-0.2, -0.15) is 10.2 Å². The van der Waals surface area contributed by atoms with E-state index in [9.17, 15) is 0 Å². The van der Waals surface area contributed by atoms with Crippen LogP contribution in [0.3, 0.4) is 0 Å². The van der Waals surface area contributed by atoms with Gasteiger partial charge < -0.3 is 15.1 Å². The highest BCUT2D eigenvalue weighted by molar-refractivity contribution is 5.81. The minimum Gasteiger partial charge on any atom is -0.395 e. The van der Waals surface area contributed by atoms with Crippen LogP contribution in [0.5, 0.6) is 0 Å². The number of benzene rings is 2. The summed E-state index contributed by atoms with van der Waals surface area (Å²) in [4.78, 5) is 6.42. The normalized spacial score (nSPS) is 11.3. The van der Waals surface area contributed by atoms with E-state index in [2.05, 4.69) is 15.2 Å². The van der Waals surface area contributed by atoms with Gasteiger partial charge in [-0.3, -0.25) is 4.98 Å². The maximum Gasteiger partial charge on any atom is 0.0879 e. The molecule has 0 saturated carbocycles. The van der Waals surface area contributed by atoms with Gasteiger partial charge in [-0.25, -0.2) is 0 Å². The Kier molecular flexibility index (Phi) is 5.88. The Labute approximate surface area is 152 Å². The number of fused-ring (bicyclic) bond motifs is 1. The van der Waals surface area contributed by atoms with Crippen LogP contribution in [0.25, 0.3) is 10.9 Å². The lowest BCUT2D eigenvalue weighted by Gasteiger charge is -2.22. The molecule has 0 unspecified atom stereocenters. The molecule has 0 spiro atoms. The lowest BCUT2D eigenvalue weighted by Crippen LogP contribution is -2.29. The highest BCUT2D eigenvalue weighted by Gasteiger charge is 2.05. The zero-order chi connectivity index (χ0) is 18.4. The van der Waals surface area contributed by atoms with E-state index in [0.29, 0.717) is 13.1 Å². The van der Waals surface area contributed by atoms with Crippen molar-refractivity contribution >= 4 is 28.0 Å². The van der Waals surface area contributed by atoms with Crippen molar-refractivity contribution in [2.75, 3.05) is 31.2 Å². The minimum atomic E-state index is 0.0386. The molecular weight excluding hydrogens is 328 g/mol. The molecular formula is C20H22N4O2. The molecule has 3 rings (SSSR count). The third-order valence-corrected chi connectivity index (χ3v) is 4.05. The van der Waals surface area contributed by atoms with E-state index in [1.807, 2.05) is 66.4 Å². The second-order valence-corrected chi connectivity index (χ2v) is 5.98. The van der Waals surface area contributed by atoms with E-state index in [0.717, 1.165) is 33.7 Å². The third-order valence-electron chi connectivity index (χ3n) is 4.05. The zero-order valence-electron chi connectivity index (χ0n) is 14.7. The molecule has 0 radical (unpaired) electrons. The number of rotatable bonds is 7. The number of aromatic nitrogens is 1. The summed E-state index contributed by atoms with van der Waals surface area (Å²) in [7, 11) is 0. The summed E-state index contributed by atoms with van der Waals surface area (Å²) in [5, 5.41) is 27.9. The van der Waals surface area contributed by atoms with Gasteiger partial charge in [0.25, 0.3) is 0 Å². The number of aryl methyl sites for hydroxylation is 1. The lowest BCUT2D eigenvalue weighted by atomic mass is 10.2. The predicted molar refractivity (Wildman–Crippen MR) is 103 cm³/mol. The molecule has 0 fully saturated rings. The van der Waals surface area contributed by atoms with E-state index in [1.54, 1.807) is 0 Å². The Hall–Kier alpha value is -2.83. The van der Waals surface area contributed by atoms with E-state index < -0.39 is 0 Å². The molecule has 26 heavy (non-hydrogen) atoms. The van der Waals surface area contributed by atoms with Crippen LogP contribution < -0.4 is 4.90 Å². The molecule has 0 aliphatic carbocycles. The maximum atomic E-state index is 9.12. The first-order valence-corrected chi connectivity index (χ1v) is 8.55. The maximum absolute atomic E-state index is 9.12. The summed E-state index contributed by atoms with van der Waals surface area (Å²) in [6.07, 6.45) is 0. The monoisotopic (exact) mass is 350 g/mol. The molecule has 0 aliphatic rings. The van der Waals surface area contributed by atoms with Crippen LogP contribution in [0.1, 0.15) is 5.69 Å². The summed E-state index contributed by atoms with van der Waals surface area (Å²) in [5.74, 6) is 0. The van der Waals surface area contributed by atoms with Crippen LogP contribution in [0.4, 0.5) is 17.1 Å². The molecule has 3 aromatic rings. The largest absolute Gasteiger partial charge is 0.395 e. The average Bonchev–Trinajstić information content (AvgIpc) is 2.66. The summed E-state index contributed by atoms with van der Waals surface area (Å²) >= 11 is 0. The average molecular weight is 350 g/mol. The number of aliphatic hydroxyl groups excluding tert-OH is 2. The smallest absolute Gasteiger partial charge is 0.0879 e. The molecule has 2 aromatic carbocycles. The summed E-state index contributed by atoms with van der Waals surface area (Å²) in [6.45, 7) is 3.00. The van der Waals surface area contributed by atoms with Gasteiger partial charge >= 0.3 is 0 Å². The van der Waals surface area contributed by atoms with Crippen LogP contribution in [-0.2, 0) is 0 Å². The molecule has 0 bridgehead atoms. The minimum absolute atomic E-state index is 0.0386. The molecule has 0 atom stereocenters. The van der Waals surface area contributed by atoms with E-state index in [4.69, 9.17) is 10.2 Å². The topological polar surface area (TPSA) is 81.3 Å². The van der Waals surface area contributed by atoms with Crippen molar-refractivity contribution in [1.82, 2.24) is 4.98 Å². The number of pyridine rings is 1. The van der Waals surface area contributed by atoms with Crippen molar-refractivity contribution in [1.29, 1.82) is 0 Å². The number of hydrogen-bond acceptors (Lipinski definition) is 6. The van der Waals surface area contributed by atoms with Gasteiger partial charge in [0.05, 0.1) is 30.1 Å². The number of anilines is 1. The van der Waals surface area contributed by atoms with Gasteiger partial charge in [0.2, 0.25) is 0 Å². The molecule has 1 aromatic heterocycles. The van der Waals surface area contributed by atoms with Crippen molar-refractivity contribution in [3.8, 4) is 0 Å². The standard InChI is InChI=1S/C20H22N4O2/c1-15-2-3-16-4-5-18(14-20(16)21-15)23-22-17-6-8-19(9-7-17)24(10-12-25)11-13-26/h2-9,14,25-26H,10-13H2,1H3. The number of hydrogen-bond donors (Lipinski definition) is 2. The van der Waals surface area contributed by atoms with Crippen LogP contribution in [0, 0.1) is 6.92 Å². The van der Waals surface area contributed by atoms with Crippen molar-refractivity contribution < 1.29 is 10.2 Å². The molecule has 0 aliphatic heterocycles. The predicted octanol–water partition coefficient (Wildman–Crippen LogP) is 3.75. The van der Waals surface area contributed by atoms with E-state index in [1.165, 1.54) is 0 Å². The van der Waals surface area contributed by atoms with Crippen molar-refractivity contribution in [2.45, 2.75) is 6.92 Å². The quantitative estimate of drug-likeness (QED) is 0.636. The Morgan fingerprint density at radius 3 is 2.15 bits per heavy atom. The SMILES string of the molecule is Cc1ccc2ccc(N=Nc3ccc(N(CCO)CCO)cc3)cc2n1. The Balaban J connectivity index is 1.76. The van der Waals surface area contributed by atoms with Crippen molar-refractivity contribution in [2.24, 2.45) is 10.2 Å². The highest BCUT2D eigenvalue weighted by atomic mass is 16.3. The van der Waals surface area contributed by atoms with Gasteiger partial charge in [-0.1, -0.05) is 12.1 Å². The first-order valence-electron chi connectivity index (χ1n) is 8.55. The van der Waals surface area contributed by atoms with Crippen LogP contribution >= 0.6 is 0 Å². The molecule has 0 amide bonds. The van der Waals surface area contributed by atoms with Crippen molar-refractivity contribution in [3.63, 3.8) is 0 Å². The van der Waals surface area contributed by atoms with Gasteiger partial charge in [-0.15, -0.1) is 0 Å². The molecule has 0 saturated heterocycles. The fourth-order valence-electron chi connectivity index (χ4n) is 2.73. The number of aliphatic hydroxyl groups is 2. The molecule has 2 N–H and O–H groups in total. The number of nitrogens with zero attached hydrogens (tertiary/aromatic N) is 4. The highest BCUT2D eigenvalue weighted by Crippen LogP contribution is 2.24. The fourth-order valence-corrected chi connectivity index (χ4v) is 2.73. The van der Waals surface area contributed by atoms with Gasteiger partial charge in [0.15, 0.2) is 0 Å². The van der Waals surface area contributed by atoms with Crippen LogP contribution in [0.15, 0.2) is 64.8 Å². The number of azo groups is 1. The van der Waals surface area contributed by atoms with Crippen LogP contribution in [-0.4, -0.2) is 41.5 Å². The first-order chi connectivity index (χ1) is 12.7. The third kappa shape index (κ3) is 4.41. The Morgan fingerprint density at radius 2 is 1.46 bits per heavy atom. The van der Waals surface area contributed by atoms with E-state index in [-0.39, 0.29) is 13.2 Å². The summed E-state index contributed by atoms with van der Waals surface area (Å²) < 4.78 is 0. The second-order valence-electron chi connectivity index (χ2n) is 5.98. The van der Waals surface area contributed by atoms with Gasteiger partial charge in [-0.05, 0) is 49.4 Å². The first kappa shape index (κ1) is 18.0. The molecule has 1 heterocycles. The van der Waals surface area contributed by atoms with E-state index >= 15 is 0 Å². The van der Waals surface area contributed by atoms with Gasteiger partial charge in [0.1, 0.15) is 0 Å². The van der Waals surface area contributed by atoms with Crippen LogP contribution in [0.2, 0.25) is 0 Å².